The molecule has 2 aliphatic heterocycles. The molecule has 2 aliphatic rings. The second kappa shape index (κ2) is 10.9. The van der Waals surface area contributed by atoms with E-state index in [0.29, 0.717) is 47.0 Å². The van der Waals surface area contributed by atoms with Crippen molar-refractivity contribution >= 4 is 39.4 Å². The lowest BCUT2D eigenvalue weighted by Crippen LogP contribution is -2.44. The molecule has 9 nitrogen and oxygen atoms in total. The number of nitrogens with one attached hydrogen (secondary N) is 1. The zero-order valence-corrected chi connectivity index (χ0v) is 24.1. The third-order valence-electron chi connectivity index (χ3n) is 8.81. The maximum absolute atomic E-state index is 15.4. The number of nitrogens with zero attached hydrogens (tertiary/aromatic N) is 6. The van der Waals surface area contributed by atoms with Gasteiger partial charge in [-0.2, -0.15) is 0 Å². The topological polar surface area (TPSA) is 98.1 Å². The molecule has 2 bridgehead atoms. The Kier molecular flexibility index (Phi) is 6.85. The van der Waals surface area contributed by atoms with E-state index >= 15 is 4.39 Å². The van der Waals surface area contributed by atoms with E-state index in [1.165, 1.54) is 18.5 Å². The first-order chi connectivity index (χ1) is 20.9. The van der Waals surface area contributed by atoms with Crippen molar-refractivity contribution in [3.05, 3.63) is 84.8 Å². The maximum Gasteiger partial charge on any atom is 0.169 e. The van der Waals surface area contributed by atoms with Crippen LogP contribution in [0, 0.1) is 12.7 Å². The predicted octanol–water partition coefficient (Wildman–Crippen LogP) is 6.36. The van der Waals surface area contributed by atoms with Crippen LogP contribution in [0.3, 0.4) is 0 Å². The molecule has 2 fully saturated rings. The van der Waals surface area contributed by atoms with E-state index in [0.717, 1.165) is 48.0 Å². The van der Waals surface area contributed by atoms with E-state index in [2.05, 4.69) is 31.7 Å². The van der Waals surface area contributed by atoms with Crippen LogP contribution < -0.4 is 10.1 Å². The monoisotopic (exact) mass is 577 g/mol. The van der Waals surface area contributed by atoms with Gasteiger partial charge in [0.15, 0.2) is 11.6 Å². The molecule has 10 heteroatoms. The van der Waals surface area contributed by atoms with Crippen LogP contribution in [0.4, 0.5) is 15.9 Å². The SMILES string of the molecule is C=CC(=O)CN1[C@@H]2CC[C@H]1CC(c1ccc3ncnc(Nc4cc(C)c(Oc5ccc6c(c5)ncn6C)cc4F)c3n1)C2. The van der Waals surface area contributed by atoms with Crippen LogP contribution in [-0.2, 0) is 11.8 Å². The van der Waals surface area contributed by atoms with Gasteiger partial charge in [0.05, 0.1) is 35.1 Å². The molecule has 3 aromatic heterocycles. The lowest BCUT2D eigenvalue weighted by atomic mass is 9.87. The number of ether oxygens (including phenoxy) is 1. The Bertz CT molecular complexity index is 1870. The zero-order valence-electron chi connectivity index (χ0n) is 24.1. The highest BCUT2D eigenvalue weighted by atomic mass is 19.1. The zero-order chi connectivity index (χ0) is 29.7. The molecular weight excluding hydrogens is 545 g/mol. The molecule has 218 valence electrons. The second-order valence-corrected chi connectivity index (χ2v) is 11.6. The van der Waals surface area contributed by atoms with E-state index in [-0.39, 0.29) is 17.4 Å². The molecule has 0 aliphatic carbocycles. The number of anilines is 2. The standard InChI is InChI=1S/C33H32FN7O2/c1-4-23(42)16-41-21-5-6-22(41)13-20(12-21)26-8-9-27-32(38-26)33(36-17-35-27)39-28-11-19(2)31(15-25(28)34)43-24-7-10-30-29(14-24)37-18-40(30)3/h4,7-11,14-15,17-18,20-22H,1,5-6,12-13,16H2,2-3H3,(H,35,36,39)/t20?,21-,22+. The van der Waals surface area contributed by atoms with Crippen molar-refractivity contribution in [1.29, 1.82) is 0 Å². The summed E-state index contributed by atoms with van der Waals surface area (Å²) in [5.74, 6) is 1.31. The fourth-order valence-electron chi connectivity index (χ4n) is 6.60. The Labute approximate surface area is 248 Å². The summed E-state index contributed by atoms with van der Waals surface area (Å²) in [7, 11) is 1.93. The van der Waals surface area contributed by atoms with Crippen LogP contribution in [-0.4, -0.2) is 53.8 Å². The van der Waals surface area contributed by atoms with Gasteiger partial charge in [-0.3, -0.25) is 9.69 Å². The highest BCUT2D eigenvalue weighted by molar-refractivity contribution is 5.91. The Morgan fingerprint density at radius 3 is 2.70 bits per heavy atom. The number of carbonyl (C=O) groups is 1. The largest absolute Gasteiger partial charge is 0.457 e. The first kappa shape index (κ1) is 27.2. The molecular formula is C33H32FN7O2. The van der Waals surface area contributed by atoms with Crippen molar-refractivity contribution in [2.45, 2.75) is 50.6 Å². The molecule has 2 saturated heterocycles. The number of imidazole rings is 1. The summed E-state index contributed by atoms with van der Waals surface area (Å²) in [5.41, 5.74) is 5.08. The molecule has 0 radical (unpaired) electrons. The van der Waals surface area contributed by atoms with Crippen LogP contribution in [0.25, 0.3) is 22.1 Å². The van der Waals surface area contributed by atoms with Gasteiger partial charge in [-0.15, -0.1) is 0 Å². The number of hydrogen-bond acceptors (Lipinski definition) is 8. The predicted molar refractivity (Wildman–Crippen MR) is 163 cm³/mol. The van der Waals surface area contributed by atoms with Gasteiger partial charge in [-0.25, -0.2) is 24.3 Å². The smallest absolute Gasteiger partial charge is 0.169 e. The molecule has 3 atom stereocenters. The Balaban J connectivity index is 1.12. The fourth-order valence-corrected chi connectivity index (χ4v) is 6.60. The highest BCUT2D eigenvalue weighted by Gasteiger charge is 2.41. The lowest BCUT2D eigenvalue weighted by molar-refractivity contribution is -0.116. The molecule has 0 spiro atoms. The Morgan fingerprint density at radius 1 is 1.09 bits per heavy atom. The van der Waals surface area contributed by atoms with Crippen LogP contribution in [0.5, 0.6) is 11.5 Å². The van der Waals surface area contributed by atoms with Gasteiger partial charge in [0.25, 0.3) is 0 Å². The quantitative estimate of drug-likeness (QED) is 0.213. The average Bonchev–Trinajstić information content (AvgIpc) is 3.47. The second-order valence-electron chi connectivity index (χ2n) is 11.6. The fraction of sp³-hybridized carbons (Fsp3) is 0.303. The van der Waals surface area contributed by atoms with Crippen molar-refractivity contribution < 1.29 is 13.9 Å². The molecule has 5 heterocycles. The van der Waals surface area contributed by atoms with Crippen molar-refractivity contribution in [3.63, 3.8) is 0 Å². The number of rotatable bonds is 8. The third-order valence-corrected chi connectivity index (χ3v) is 8.81. The summed E-state index contributed by atoms with van der Waals surface area (Å²) in [6.45, 7) is 5.94. The molecule has 1 N–H and O–H groups in total. The van der Waals surface area contributed by atoms with Crippen molar-refractivity contribution in [2.24, 2.45) is 7.05 Å². The molecule has 0 saturated carbocycles. The number of fused-ring (bicyclic) bond motifs is 4. The molecule has 0 amide bonds. The van der Waals surface area contributed by atoms with Crippen molar-refractivity contribution in [1.82, 2.24) is 29.4 Å². The van der Waals surface area contributed by atoms with Crippen LogP contribution in [0.15, 0.2) is 67.8 Å². The molecule has 7 rings (SSSR count). The summed E-state index contributed by atoms with van der Waals surface area (Å²) in [5, 5.41) is 3.16. The molecule has 2 aromatic carbocycles. The van der Waals surface area contributed by atoms with Crippen molar-refractivity contribution in [3.8, 4) is 11.5 Å². The molecule has 5 aromatic rings. The minimum absolute atomic E-state index is 0.0695. The minimum Gasteiger partial charge on any atom is -0.457 e. The van der Waals surface area contributed by atoms with Gasteiger partial charge >= 0.3 is 0 Å². The molecule has 43 heavy (non-hydrogen) atoms. The van der Waals surface area contributed by atoms with E-state index in [1.54, 1.807) is 12.4 Å². The van der Waals surface area contributed by atoms with Crippen molar-refractivity contribution in [2.75, 3.05) is 11.9 Å². The van der Waals surface area contributed by atoms with Crippen LogP contribution >= 0.6 is 0 Å². The number of aryl methyl sites for hydroxylation is 2. The number of ketones is 1. The summed E-state index contributed by atoms with van der Waals surface area (Å²) >= 11 is 0. The third kappa shape index (κ3) is 5.12. The number of aromatic nitrogens is 5. The van der Waals surface area contributed by atoms with Gasteiger partial charge in [0.2, 0.25) is 0 Å². The minimum atomic E-state index is -0.472. The number of halogens is 1. The Morgan fingerprint density at radius 2 is 1.91 bits per heavy atom. The first-order valence-corrected chi connectivity index (χ1v) is 14.5. The number of piperidine rings is 1. The summed E-state index contributed by atoms with van der Waals surface area (Å²) in [6.07, 6.45) is 8.68. The Hall–Kier alpha value is -4.70. The van der Waals surface area contributed by atoms with Gasteiger partial charge in [-0.1, -0.05) is 6.58 Å². The maximum atomic E-state index is 15.4. The van der Waals surface area contributed by atoms with Gasteiger partial charge in [-0.05, 0) is 74.6 Å². The number of carbonyl (C=O) groups excluding carboxylic acids is 1. The van der Waals surface area contributed by atoms with E-state index in [9.17, 15) is 4.79 Å². The number of hydrogen-bond donors (Lipinski definition) is 1. The van der Waals surface area contributed by atoms with Crippen LogP contribution in [0.1, 0.15) is 42.9 Å². The summed E-state index contributed by atoms with van der Waals surface area (Å²) in [6, 6.07) is 13.4. The van der Waals surface area contributed by atoms with Crippen LogP contribution in [0.2, 0.25) is 0 Å². The first-order valence-electron chi connectivity index (χ1n) is 14.5. The van der Waals surface area contributed by atoms with Gasteiger partial charge in [0, 0.05) is 42.9 Å². The summed E-state index contributed by atoms with van der Waals surface area (Å²) < 4.78 is 23.4. The highest BCUT2D eigenvalue weighted by Crippen LogP contribution is 2.43. The average molecular weight is 578 g/mol. The number of pyridine rings is 1. The van der Waals surface area contributed by atoms with E-state index < -0.39 is 5.82 Å². The summed E-state index contributed by atoms with van der Waals surface area (Å²) in [4.78, 5) is 32.6. The normalized spacial score (nSPS) is 20.0. The van der Waals surface area contributed by atoms with E-state index in [4.69, 9.17) is 9.72 Å². The van der Waals surface area contributed by atoms with E-state index in [1.807, 2.05) is 48.9 Å². The lowest BCUT2D eigenvalue weighted by Gasteiger charge is -2.38. The number of benzene rings is 2. The van der Waals surface area contributed by atoms with Gasteiger partial charge < -0.3 is 14.6 Å². The molecule has 1 unspecified atom stereocenters. The van der Waals surface area contributed by atoms with Gasteiger partial charge in [0.1, 0.15) is 29.2 Å².